The molecule has 0 aliphatic carbocycles. The molecular weight excluding hydrogens is 372 g/mol. The Labute approximate surface area is 167 Å². The summed E-state index contributed by atoms with van der Waals surface area (Å²) in [6.45, 7) is 0. The third kappa shape index (κ3) is 3.05. The van der Waals surface area contributed by atoms with Gasteiger partial charge in [0, 0.05) is 11.5 Å². The maximum absolute atomic E-state index is 12.6. The van der Waals surface area contributed by atoms with E-state index < -0.39 is 0 Å². The average Bonchev–Trinajstić information content (AvgIpc) is 3.09. The molecule has 2 aromatic rings. The van der Waals surface area contributed by atoms with Crippen LogP contribution in [0, 0.1) is 0 Å². The molecule has 3 aliphatic heterocycles. The molecule has 1 fully saturated rings. The number of hydrogen-bond donors (Lipinski definition) is 0. The van der Waals surface area contributed by atoms with Crippen molar-refractivity contribution in [3.05, 3.63) is 88.6 Å². The number of thioether (sulfide) groups is 2. The van der Waals surface area contributed by atoms with E-state index >= 15 is 0 Å². The van der Waals surface area contributed by atoms with E-state index in [1.54, 1.807) is 11.8 Å². The minimum absolute atomic E-state index is 0.0387. The molecule has 3 nitrogen and oxygen atoms in total. The van der Waals surface area contributed by atoms with Crippen LogP contribution in [-0.2, 0) is 4.79 Å². The van der Waals surface area contributed by atoms with Crippen molar-refractivity contribution < 1.29 is 4.79 Å². The van der Waals surface area contributed by atoms with Gasteiger partial charge < -0.3 is 0 Å². The summed E-state index contributed by atoms with van der Waals surface area (Å²) in [6, 6.07) is 20.7. The smallest absolute Gasteiger partial charge is 0.239 e. The van der Waals surface area contributed by atoms with Gasteiger partial charge in [0.05, 0.1) is 17.5 Å². The van der Waals surface area contributed by atoms with Gasteiger partial charge in [0.1, 0.15) is 0 Å². The van der Waals surface area contributed by atoms with Gasteiger partial charge in [-0.2, -0.15) is 11.8 Å². The standard InChI is InChI=1S/C22H18N2OS2/c25-19-14-27-22-23-20-17(11-15-7-3-1-4-8-15)12-26-13-18(20)21(24(19)22)16-9-5-2-6-10-16/h1-11,21H,12-14H2/b17-11-. The number of amides is 1. The molecule has 5 rings (SSSR count). The van der Waals surface area contributed by atoms with Crippen molar-refractivity contribution in [2.24, 2.45) is 4.99 Å². The van der Waals surface area contributed by atoms with E-state index in [0.29, 0.717) is 5.75 Å². The number of amidine groups is 1. The third-order valence-corrected chi connectivity index (χ3v) is 6.94. The predicted octanol–water partition coefficient (Wildman–Crippen LogP) is 4.76. The second-order valence-electron chi connectivity index (χ2n) is 6.71. The Morgan fingerprint density at radius 1 is 0.963 bits per heavy atom. The highest BCUT2D eigenvalue weighted by molar-refractivity contribution is 8.15. The Morgan fingerprint density at radius 2 is 1.70 bits per heavy atom. The molecule has 0 aromatic heterocycles. The summed E-state index contributed by atoms with van der Waals surface area (Å²) in [5.41, 5.74) is 5.94. The molecule has 134 valence electrons. The summed E-state index contributed by atoms with van der Waals surface area (Å²) >= 11 is 3.46. The molecule has 1 amide bonds. The normalized spacial score (nSPS) is 23.3. The first kappa shape index (κ1) is 16.9. The number of rotatable bonds is 2. The summed E-state index contributed by atoms with van der Waals surface area (Å²) in [6.07, 6.45) is 2.24. The van der Waals surface area contributed by atoms with E-state index in [4.69, 9.17) is 4.99 Å². The lowest BCUT2D eigenvalue weighted by molar-refractivity contribution is -0.125. The lowest BCUT2D eigenvalue weighted by Crippen LogP contribution is -2.39. The molecule has 1 atom stereocenters. The van der Waals surface area contributed by atoms with Crippen molar-refractivity contribution in [2.45, 2.75) is 6.04 Å². The van der Waals surface area contributed by atoms with Crippen LogP contribution in [0.3, 0.4) is 0 Å². The lowest BCUT2D eigenvalue weighted by atomic mass is 9.92. The molecule has 0 bridgehead atoms. The van der Waals surface area contributed by atoms with Gasteiger partial charge in [0.25, 0.3) is 0 Å². The van der Waals surface area contributed by atoms with Crippen molar-refractivity contribution in [2.75, 3.05) is 17.3 Å². The Morgan fingerprint density at radius 3 is 2.48 bits per heavy atom. The molecule has 27 heavy (non-hydrogen) atoms. The molecule has 1 saturated heterocycles. The summed E-state index contributed by atoms with van der Waals surface area (Å²) in [4.78, 5) is 19.5. The predicted molar refractivity (Wildman–Crippen MR) is 115 cm³/mol. The van der Waals surface area contributed by atoms with Gasteiger partial charge in [-0.3, -0.25) is 9.69 Å². The quantitative estimate of drug-likeness (QED) is 0.741. The Balaban J connectivity index is 1.66. The van der Waals surface area contributed by atoms with Crippen molar-refractivity contribution in [3.8, 4) is 0 Å². The van der Waals surface area contributed by atoms with E-state index in [2.05, 4.69) is 42.5 Å². The number of carbonyl (C=O) groups is 1. The molecule has 2 aromatic carbocycles. The van der Waals surface area contributed by atoms with Crippen LogP contribution in [0.5, 0.6) is 0 Å². The minimum atomic E-state index is -0.0387. The highest BCUT2D eigenvalue weighted by atomic mass is 32.2. The molecule has 0 N–H and O–H groups in total. The first-order chi connectivity index (χ1) is 13.3. The monoisotopic (exact) mass is 390 g/mol. The molecular formula is C22H18N2OS2. The Hall–Kier alpha value is -2.24. The average molecular weight is 391 g/mol. The number of aliphatic imine (C=N–C) groups is 1. The number of allylic oxidation sites excluding steroid dienone is 1. The van der Waals surface area contributed by atoms with E-state index in [1.807, 2.05) is 40.9 Å². The van der Waals surface area contributed by atoms with Crippen LogP contribution in [-0.4, -0.2) is 33.2 Å². The molecule has 3 heterocycles. The first-order valence-electron chi connectivity index (χ1n) is 8.96. The lowest BCUT2D eigenvalue weighted by Gasteiger charge is -2.37. The Bertz CT molecular complexity index is 980. The van der Waals surface area contributed by atoms with Crippen LogP contribution in [0.15, 0.2) is 82.5 Å². The van der Waals surface area contributed by atoms with Crippen LogP contribution in [0.2, 0.25) is 0 Å². The van der Waals surface area contributed by atoms with Gasteiger partial charge in [-0.1, -0.05) is 72.4 Å². The zero-order chi connectivity index (χ0) is 18.2. The molecule has 0 saturated carbocycles. The van der Waals surface area contributed by atoms with E-state index in [0.717, 1.165) is 27.9 Å². The third-order valence-electron chi connectivity index (χ3n) is 4.97. The number of fused-ring (bicyclic) bond motifs is 1. The topological polar surface area (TPSA) is 32.7 Å². The molecule has 3 aliphatic rings. The molecule has 0 spiro atoms. The van der Waals surface area contributed by atoms with Gasteiger partial charge in [-0.05, 0) is 28.3 Å². The summed E-state index contributed by atoms with van der Waals surface area (Å²) in [5.74, 6) is 2.49. The summed E-state index contributed by atoms with van der Waals surface area (Å²) in [7, 11) is 0. The fraction of sp³-hybridized carbons (Fsp3) is 0.182. The van der Waals surface area contributed by atoms with Crippen LogP contribution < -0.4 is 0 Å². The van der Waals surface area contributed by atoms with Crippen molar-refractivity contribution >= 4 is 40.7 Å². The largest absolute Gasteiger partial charge is 0.279 e. The Kier molecular flexibility index (Phi) is 4.42. The number of benzene rings is 2. The maximum Gasteiger partial charge on any atom is 0.239 e. The van der Waals surface area contributed by atoms with E-state index in [1.165, 1.54) is 16.7 Å². The van der Waals surface area contributed by atoms with Crippen LogP contribution in [0.4, 0.5) is 0 Å². The van der Waals surface area contributed by atoms with E-state index in [-0.39, 0.29) is 11.9 Å². The highest BCUT2D eigenvalue weighted by Gasteiger charge is 2.42. The van der Waals surface area contributed by atoms with Gasteiger partial charge in [-0.15, -0.1) is 0 Å². The number of carbonyl (C=O) groups excluding carboxylic acids is 1. The van der Waals surface area contributed by atoms with Crippen LogP contribution in [0.25, 0.3) is 6.08 Å². The van der Waals surface area contributed by atoms with Gasteiger partial charge in [0.15, 0.2) is 5.17 Å². The van der Waals surface area contributed by atoms with Crippen molar-refractivity contribution in [3.63, 3.8) is 0 Å². The van der Waals surface area contributed by atoms with Crippen LogP contribution >= 0.6 is 23.5 Å². The maximum atomic E-state index is 12.6. The minimum Gasteiger partial charge on any atom is -0.279 e. The highest BCUT2D eigenvalue weighted by Crippen LogP contribution is 2.46. The fourth-order valence-electron chi connectivity index (χ4n) is 3.78. The first-order valence-corrected chi connectivity index (χ1v) is 11.1. The SMILES string of the molecule is O=C1CSC2=NC3=C(CSC/C3=C/c3ccccc3)C(c3ccccc3)N12. The molecule has 0 radical (unpaired) electrons. The summed E-state index contributed by atoms with van der Waals surface area (Å²) < 4.78 is 0. The fourth-order valence-corrected chi connectivity index (χ4v) is 5.73. The van der Waals surface area contributed by atoms with Crippen molar-refractivity contribution in [1.82, 2.24) is 4.90 Å². The van der Waals surface area contributed by atoms with Gasteiger partial charge in [0.2, 0.25) is 5.91 Å². The molecule has 5 heteroatoms. The number of hydrogen-bond acceptors (Lipinski definition) is 4. The van der Waals surface area contributed by atoms with Crippen LogP contribution in [0.1, 0.15) is 17.2 Å². The van der Waals surface area contributed by atoms with Crippen molar-refractivity contribution in [1.29, 1.82) is 0 Å². The zero-order valence-electron chi connectivity index (χ0n) is 14.7. The second-order valence-corrected chi connectivity index (χ2v) is 8.64. The van der Waals surface area contributed by atoms with Gasteiger partial charge in [-0.25, -0.2) is 4.99 Å². The summed E-state index contributed by atoms with van der Waals surface area (Å²) in [5, 5.41) is 0.846. The van der Waals surface area contributed by atoms with Gasteiger partial charge >= 0.3 is 0 Å². The molecule has 1 unspecified atom stereocenters. The second kappa shape index (κ2) is 7.06. The van der Waals surface area contributed by atoms with E-state index in [9.17, 15) is 4.79 Å². The number of nitrogens with zero attached hydrogens (tertiary/aromatic N) is 2. The zero-order valence-corrected chi connectivity index (χ0v) is 16.3.